The number of H-pyrrole nitrogens is 1. The zero-order chi connectivity index (χ0) is 11.0. The molecule has 3 heteroatoms. The van der Waals surface area contributed by atoms with E-state index in [-0.39, 0.29) is 0 Å². The Balaban J connectivity index is 1.75. The molecule has 1 fully saturated rings. The van der Waals surface area contributed by atoms with Gasteiger partial charge in [0.15, 0.2) is 0 Å². The summed E-state index contributed by atoms with van der Waals surface area (Å²) in [6.45, 7) is 5.07. The number of aryl methyl sites for hydroxylation is 1. The van der Waals surface area contributed by atoms with Crippen molar-refractivity contribution in [2.45, 2.75) is 6.92 Å². The van der Waals surface area contributed by atoms with Gasteiger partial charge in [0.05, 0.1) is 6.61 Å². The molecule has 1 aliphatic heterocycles. The molecule has 1 aliphatic rings. The molecule has 0 atom stereocenters. The second-order valence-corrected chi connectivity index (χ2v) is 4.54. The van der Waals surface area contributed by atoms with E-state index in [1.165, 1.54) is 16.6 Å². The van der Waals surface area contributed by atoms with Crippen LogP contribution in [0.5, 0.6) is 5.75 Å². The number of fused-ring (bicyclic) bond motifs is 1. The predicted molar refractivity (Wildman–Crippen MR) is 64.9 cm³/mol. The lowest BCUT2D eigenvalue weighted by molar-refractivity contribution is 0.199. The lowest BCUT2D eigenvalue weighted by atomic mass is 10.1. The zero-order valence-electron chi connectivity index (χ0n) is 9.42. The third kappa shape index (κ3) is 1.78. The van der Waals surface area contributed by atoms with Gasteiger partial charge in [-0.3, -0.25) is 0 Å². The van der Waals surface area contributed by atoms with Crippen LogP contribution >= 0.6 is 0 Å². The van der Waals surface area contributed by atoms with Crippen molar-refractivity contribution >= 4 is 10.9 Å². The molecule has 0 unspecified atom stereocenters. The molecule has 3 rings (SSSR count). The first-order valence-corrected chi connectivity index (χ1v) is 5.74. The fourth-order valence-electron chi connectivity index (χ4n) is 2.03. The van der Waals surface area contributed by atoms with E-state index in [0.717, 1.165) is 25.4 Å². The molecule has 84 valence electrons. The fourth-order valence-corrected chi connectivity index (χ4v) is 2.03. The summed E-state index contributed by atoms with van der Waals surface area (Å²) in [5, 5.41) is 4.47. The number of nitrogens with one attached hydrogen (secondary N) is 2. The largest absolute Gasteiger partial charge is 0.493 e. The van der Waals surface area contributed by atoms with Crippen LogP contribution in [0.4, 0.5) is 0 Å². The van der Waals surface area contributed by atoms with Crippen molar-refractivity contribution < 1.29 is 4.74 Å². The summed E-state index contributed by atoms with van der Waals surface area (Å²) in [5.74, 6) is 1.65. The molecule has 3 nitrogen and oxygen atoms in total. The number of aromatic amines is 1. The Morgan fingerprint density at radius 3 is 2.94 bits per heavy atom. The standard InChI is InChI=1S/C13H16N2O/c1-9-4-11-5-12(2-3-13(11)15-9)16-8-10-6-14-7-10/h2-5,10,14-15H,6-8H2,1H3. The quantitative estimate of drug-likeness (QED) is 0.824. The van der Waals surface area contributed by atoms with Crippen molar-refractivity contribution in [2.24, 2.45) is 5.92 Å². The number of hydrogen-bond donors (Lipinski definition) is 2. The summed E-state index contributed by atoms with van der Waals surface area (Å²) < 4.78 is 5.77. The Hall–Kier alpha value is -1.48. The molecule has 0 radical (unpaired) electrons. The van der Waals surface area contributed by atoms with Crippen molar-refractivity contribution in [3.05, 3.63) is 30.0 Å². The van der Waals surface area contributed by atoms with E-state index in [0.29, 0.717) is 5.92 Å². The van der Waals surface area contributed by atoms with Crippen molar-refractivity contribution in [1.29, 1.82) is 0 Å². The summed E-state index contributed by atoms with van der Waals surface area (Å²) in [6, 6.07) is 8.36. The molecule has 0 saturated carbocycles. The molecule has 0 amide bonds. The summed E-state index contributed by atoms with van der Waals surface area (Å²) in [7, 11) is 0. The van der Waals surface area contributed by atoms with Gasteiger partial charge in [-0.2, -0.15) is 0 Å². The van der Waals surface area contributed by atoms with Gasteiger partial charge >= 0.3 is 0 Å². The molecule has 2 heterocycles. The Morgan fingerprint density at radius 1 is 1.31 bits per heavy atom. The van der Waals surface area contributed by atoms with E-state index in [9.17, 15) is 0 Å². The smallest absolute Gasteiger partial charge is 0.120 e. The monoisotopic (exact) mass is 216 g/mol. The number of hydrogen-bond acceptors (Lipinski definition) is 2. The topological polar surface area (TPSA) is 37.0 Å². The van der Waals surface area contributed by atoms with Crippen LogP contribution < -0.4 is 10.1 Å². The maximum atomic E-state index is 5.77. The molecular formula is C13H16N2O. The van der Waals surface area contributed by atoms with Crippen LogP contribution in [0.1, 0.15) is 5.69 Å². The number of ether oxygens (including phenoxy) is 1. The summed E-state index contributed by atoms with van der Waals surface area (Å²) in [5.41, 5.74) is 2.37. The average molecular weight is 216 g/mol. The highest BCUT2D eigenvalue weighted by Gasteiger charge is 2.17. The van der Waals surface area contributed by atoms with E-state index in [2.05, 4.69) is 35.4 Å². The number of rotatable bonds is 3. The van der Waals surface area contributed by atoms with E-state index in [4.69, 9.17) is 4.74 Å². The number of benzene rings is 1. The Labute approximate surface area is 94.8 Å². The minimum Gasteiger partial charge on any atom is -0.493 e. The molecular weight excluding hydrogens is 200 g/mol. The van der Waals surface area contributed by atoms with Crippen molar-refractivity contribution in [3.63, 3.8) is 0 Å². The molecule has 1 aromatic carbocycles. The number of aromatic nitrogens is 1. The molecule has 0 spiro atoms. The minimum absolute atomic E-state index is 0.684. The third-order valence-electron chi connectivity index (χ3n) is 3.08. The van der Waals surface area contributed by atoms with Gasteiger partial charge in [0.1, 0.15) is 5.75 Å². The highest BCUT2D eigenvalue weighted by atomic mass is 16.5. The average Bonchev–Trinajstić information content (AvgIpc) is 2.55. The van der Waals surface area contributed by atoms with Crippen molar-refractivity contribution in [2.75, 3.05) is 19.7 Å². The van der Waals surface area contributed by atoms with Crippen LogP contribution in [0.2, 0.25) is 0 Å². The van der Waals surface area contributed by atoms with Crippen molar-refractivity contribution in [3.8, 4) is 5.75 Å². The molecule has 0 bridgehead atoms. The second kappa shape index (κ2) is 3.83. The maximum Gasteiger partial charge on any atom is 0.120 e. The fraction of sp³-hybridized carbons (Fsp3) is 0.385. The lowest BCUT2D eigenvalue weighted by Gasteiger charge is -2.26. The Morgan fingerprint density at radius 2 is 2.19 bits per heavy atom. The van der Waals surface area contributed by atoms with Crippen molar-refractivity contribution in [1.82, 2.24) is 10.3 Å². The molecule has 0 aliphatic carbocycles. The van der Waals surface area contributed by atoms with Crippen LogP contribution in [0.15, 0.2) is 24.3 Å². The molecule has 16 heavy (non-hydrogen) atoms. The maximum absolute atomic E-state index is 5.77. The van der Waals surface area contributed by atoms with Gasteiger partial charge in [0.25, 0.3) is 0 Å². The van der Waals surface area contributed by atoms with Crippen LogP contribution in [0, 0.1) is 12.8 Å². The summed E-state index contributed by atoms with van der Waals surface area (Å²) >= 11 is 0. The minimum atomic E-state index is 0.684. The van der Waals surface area contributed by atoms with Gasteiger partial charge < -0.3 is 15.0 Å². The Bertz CT molecular complexity index is 500. The van der Waals surface area contributed by atoms with E-state index >= 15 is 0 Å². The van der Waals surface area contributed by atoms with Crippen LogP contribution in [-0.4, -0.2) is 24.7 Å². The van der Waals surface area contributed by atoms with E-state index in [1.54, 1.807) is 0 Å². The predicted octanol–water partition coefficient (Wildman–Crippen LogP) is 2.07. The normalized spacial score (nSPS) is 16.3. The third-order valence-corrected chi connectivity index (χ3v) is 3.08. The van der Waals surface area contributed by atoms with Gasteiger partial charge in [0.2, 0.25) is 0 Å². The molecule has 2 N–H and O–H groups in total. The second-order valence-electron chi connectivity index (χ2n) is 4.54. The van der Waals surface area contributed by atoms with Gasteiger partial charge in [-0.05, 0) is 31.2 Å². The highest BCUT2D eigenvalue weighted by molar-refractivity contribution is 5.81. The van der Waals surface area contributed by atoms with Gasteiger partial charge in [-0.15, -0.1) is 0 Å². The van der Waals surface area contributed by atoms with Gasteiger partial charge in [-0.1, -0.05) is 0 Å². The van der Waals surface area contributed by atoms with E-state index in [1.807, 2.05) is 6.07 Å². The zero-order valence-corrected chi connectivity index (χ0v) is 9.42. The lowest BCUT2D eigenvalue weighted by Crippen LogP contribution is -2.45. The summed E-state index contributed by atoms with van der Waals surface area (Å²) in [6.07, 6.45) is 0. The highest BCUT2D eigenvalue weighted by Crippen LogP contribution is 2.22. The molecule has 1 saturated heterocycles. The summed E-state index contributed by atoms with van der Waals surface area (Å²) in [4.78, 5) is 3.31. The van der Waals surface area contributed by atoms with E-state index < -0.39 is 0 Å². The molecule has 2 aromatic rings. The first kappa shape index (κ1) is 9.73. The van der Waals surface area contributed by atoms with Crippen LogP contribution in [0.3, 0.4) is 0 Å². The van der Waals surface area contributed by atoms with Crippen LogP contribution in [0.25, 0.3) is 10.9 Å². The first-order valence-electron chi connectivity index (χ1n) is 5.74. The SMILES string of the molecule is Cc1cc2cc(OCC3CNC3)ccc2[nH]1. The molecule has 1 aromatic heterocycles. The van der Waals surface area contributed by atoms with Gasteiger partial charge in [-0.25, -0.2) is 0 Å². The first-order chi connectivity index (χ1) is 7.81. The Kier molecular flexibility index (Phi) is 2.33. The van der Waals surface area contributed by atoms with Crippen LogP contribution in [-0.2, 0) is 0 Å². The van der Waals surface area contributed by atoms with Gasteiger partial charge in [0, 0.05) is 35.6 Å².